The fourth-order valence-electron chi connectivity index (χ4n) is 10.5. The Morgan fingerprint density at radius 3 is 1.71 bits per heavy atom. The van der Waals surface area contributed by atoms with Crippen LogP contribution in [0, 0.1) is 0 Å². The number of hydrogen-bond donors (Lipinski definition) is 0. The molecule has 0 saturated heterocycles. The second kappa shape index (κ2) is 16.4. The molecule has 9 aromatic carbocycles. The van der Waals surface area contributed by atoms with Gasteiger partial charge in [-0.2, -0.15) is 0 Å². The minimum Gasteiger partial charge on any atom is -0.457 e. The van der Waals surface area contributed by atoms with Crippen LogP contribution >= 0.6 is 0 Å². The molecule has 0 amide bonds. The minimum atomic E-state index is -0.223. The van der Waals surface area contributed by atoms with E-state index < -0.39 is 0 Å². The van der Waals surface area contributed by atoms with Gasteiger partial charge in [0.2, 0.25) is 0 Å². The first-order valence-corrected chi connectivity index (χ1v) is 23.9. The van der Waals surface area contributed by atoms with Crippen LogP contribution in [-0.4, -0.2) is 16.2 Å². The van der Waals surface area contributed by atoms with Crippen LogP contribution in [0.5, 0.6) is 23.0 Å². The smallest absolute Gasteiger partial charge is 0.137 e. The number of ether oxygens (including phenoxy) is 2. The fraction of sp³-hybridized carbons (Fsp3) is 0.0781. The first-order valence-electron chi connectivity index (χ1n) is 23.9. The summed E-state index contributed by atoms with van der Waals surface area (Å²) in [6.07, 6.45) is 2.04. The van der Waals surface area contributed by atoms with E-state index in [1.807, 2.05) is 24.4 Å². The summed E-state index contributed by atoms with van der Waals surface area (Å²) in [6, 6.07) is 77.4. The predicted molar refractivity (Wildman–Crippen MR) is 288 cm³/mol. The van der Waals surface area contributed by atoms with Gasteiger partial charge in [0.15, 0.2) is 0 Å². The van der Waals surface area contributed by atoms with Gasteiger partial charge in [0, 0.05) is 51.5 Å². The third-order valence-corrected chi connectivity index (χ3v) is 13.8. The maximum atomic E-state index is 6.91. The molecular formula is C64H48N4O2. The summed E-state index contributed by atoms with van der Waals surface area (Å²) in [7, 11) is 0. The summed E-state index contributed by atoms with van der Waals surface area (Å²) in [5.41, 5.74) is 16.3. The van der Waals surface area contributed by atoms with Gasteiger partial charge in [-0.25, -0.2) is 4.98 Å². The second-order valence-electron chi connectivity index (χ2n) is 19.3. The molecule has 0 saturated carbocycles. The molecule has 0 atom stereocenters. The van der Waals surface area contributed by atoms with Crippen molar-refractivity contribution in [2.24, 2.45) is 0 Å². The van der Waals surface area contributed by atoms with Gasteiger partial charge in [-0.15, -0.1) is 0 Å². The molecule has 336 valence electrons. The quantitative estimate of drug-likeness (QED) is 0.173. The molecule has 0 fully saturated rings. The zero-order valence-corrected chi connectivity index (χ0v) is 39.2. The van der Waals surface area contributed by atoms with Crippen LogP contribution in [0.4, 0.5) is 22.7 Å². The van der Waals surface area contributed by atoms with Crippen LogP contribution in [0.15, 0.2) is 225 Å². The third-order valence-electron chi connectivity index (χ3n) is 13.8. The van der Waals surface area contributed by atoms with E-state index in [0.29, 0.717) is 6.67 Å². The van der Waals surface area contributed by atoms with Gasteiger partial charge in [-0.1, -0.05) is 148 Å². The molecule has 3 aliphatic heterocycles. The molecule has 0 spiro atoms. The van der Waals surface area contributed by atoms with E-state index in [4.69, 9.17) is 14.5 Å². The first kappa shape index (κ1) is 41.3. The lowest BCUT2D eigenvalue weighted by Gasteiger charge is -2.27. The number of rotatable bonds is 2. The molecule has 0 N–H and O–H groups in total. The standard InChI is InChI=1S/C64H48N4O2/c1-64(2,3)57-39-62-65-40-56(57)46-21-13-24-49(35-46)69-48-23-12-20-45(34-48)53-27-15-26-52(43-18-8-5-9-19-43)63(53)67-41-66(59-28-10-11-29-60(59)67)47-22-14-25-50(37-47)70-51-31-32-54-55-36-44(42-16-6-4-7-17-42)30-33-58(55)68(62)61(54)38-51/h4-40H,41H2,1-3H3. The maximum Gasteiger partial charge on any atom is 0.137 e. The van der Waals surface area contributed by atoms with E-state index in [9.17, 15) is 0 Å². The molecule has 12 bridgehead atoms. The predicted octanol–water partition coefficient (Wildman–Crippen LogP) is 17.3. The van der Waals surface area contributed by atoms with Crippen molar-refractivity contribution in [2.45, 2.75) is 26.2 Å². The summed E-state index contributed by atoms with van der Waals surface area (Å²) in [4.78, 5) is 10.1. The molecule has 3 aliphatic rings. The lowest BCUT2D eigenvalue weighted by molar-refractivity contribution is 0.483. The molecule has 0 unspecified atom stereocenters. The summed E-state index contributed by atoms with van der Waals surface area (Å²) < 4.78 is 16.0. The van der Waals surface area contributed by atoms with E-state index in [0.717, 1.165) is 112 Å². The van der Waals surface area contributed by atoms with Gasteiger partial charge < -0.3 is 19.3 Å². The number of para-hydroxylation sites is 3. The van der Waals surface area contributed by atoms with Crippen LogP contribution in [0.1, 0.15) is 26.3 Å². The minimum absolute atomic E-state index is 0.223. The Hall–Kier alpha value is -8.87. The van der Waals surface area contributed by atoms with Crippen LogP contribution in [-0.2, 0) is 5.41 Å². The van der Waals surface area contributed by atoms with Crippen molar-refractivity contribution in [3.8, 4) is 73.3 Å². The Morgan fingerprint density at radius 2 is 1.00 bits per heavy atom. The van der Waals surface area contributed by atoms with E-state index in [-0.39, 0.29) is 5.41 Å². The monoisotopic (exact) mass is 904 g/mol. The Kier molecular flexibility index (Phi) is 9.70. The third kappa shape index (κ3) is 7.15. The Balaban J connectivity index is 1.04. The molecule has 2 aromatic heterocycles. The van der Waals surface area contributed by atoms with Crippen molar-refractivity contribution in [1.29, 1.82) is 0 Å². The van der Waals surface area contributed by atoms with Gasteiger partial charge in [0.05, 0.1) is 28.1 Å². The molecule has 0 radical (unpaired) electrons. The summed E-state index contributed by atoms with van der Waals surface area (Å²) >= 11 is 0. The van der Waals surface area contributed by atoms with Crippen LogP contribution in [0.2, 0.25) is 0 Å². The number of nitrogens with zero attached hydrogens (tertiary/aromatic N) is 4. The van der Waals surface area contributed by atoms with Crippen molar-refractivity contribution in [1.82, 2.24) is 9.55 Å². The highest BCUT2D eigenvalue weighted by Gasteiger charge is 2.32. The molecule has 6 nitrogen and oxygen atoms in total. The first-order chi connectivity index (χ1) is 34.3. The SMILES string of the molecule is CC(C)(C)c1cc2ncc1-c1cccc(c1)Oc1cccc(c1)-c1cccc(-c3ccccc3)c1N1CN(c3cccc(c3)Oc3ccc4c5cc(-c6ccccc6)ccc5n-2c4c3)c2ccccc21. The lowest BCUT2D eigenvalue weighted by Crippen LogP contribution is -2.25. The number of hydrogen-bond acceptors (Lipinski definition) is 5. The number of pyridine rings is 1. The largest absolute Gasteiger partial charge is 0.457 e. The van der Waals surface area contributed by atoms with E-state index in [1.54, 1.807) is 0 Å². The Morgan fingerprint density at radius 1 is 0.414 bits per heavy atom. The molecule has 11 aromatic rings. The van der Waals surface area contributed by atoms with Gasteiger partial charge in [-0.3, -0.25) is 4.57 Å². The second-order valence-corrected chi connectivity index (χ2v) is 19.3. The molecule has 6 heteroatoms. The molecular weight excluding hydrogens is 857 g/mol. The molecule has 70 heavy (non-hydrogen) atoms. The van der Waals surface area contributed by atoms with Crippen molar-refractivity contribution in [3.05, 3.63) is 230 Å². The molecule has 14 rings (SSSR count). The summed E-state index contributed by atoms with van der Waals surface area (Å²) in [5.74, 6) is 3.83. The average molecular weight is 905 g/mol. The number of benzene rings is 9. The van der Waals surface area contributed by atoms with Crippen molar-refractivity contribution >= 4 is 44.6 Å². The van der Waals surface area contributed by atoms with Gasteiger partial charge in [-0.05, 0) is 118 Å². The van der Waals surface area contributed by atoms with Crippen LogP contribution in [0.3, 0.4) is 0 Å². The Bertz CT molecular complexity index is 3810. The van der Waals surface area contributed by atoms with Crippen LogP contribution < -0.4 is 19.3 Å². The normalized spacial score (nSPS) is 12.9. The zero-order chi connectivity index (χ0) is 46.9. The number of aromatic nitrogens is 2. The lowest BCUT2D eigenvalue weighted by atomic mass is 9.82. The Labute approximate surface area is 407 Å². The van der Waals surface area contributed by atoms with E-state index in [2.05, 4.69) is 235 Å². The maximum absolute atomic E-state index is 6.91. The van der Waals surface area contributed by atoms with Gasteiger partial charge in [0.25, 0.3) is 0 Å². The van der Waals surface area contributed by atoms with E-state index in [1.165, 1.54) is 11.1 Å². The topological polar surface area (TPSA) is 42.8 Å². The highest BCUT2D eigenvalue weighted by molar-refractivity contribution is 6.11. The molecule has 0 aliphatic carbocycles. The fourth-order valence-corrected chi connectivity index (χ4v) is 10.5. The van der Waals surface area contributed by atoms with Crippen molar-refractivity contribution in [3.63, 3.8) is 0 Å². The average Bonchev–Trinajstić information content (AvgIpc) is 3.94. The van der Waals surface area contributed by atoms with Gasteiger partial charge in [0.1, 0.15) is 35.5 Å². The number of fused-ring (bicyclic) bond motifs is 5. The summed E-state index contributed by atoms with van der Waals surface area (Å²) in [5, 5.41) is 2.27. The zero-order valence-electron chi connectivity index (χ0n) is 39.2. The van der Waals surface area contributed by atoms with Gasteiger partial charge >= 0.3 is 0 Å². The molecule has 5 heterocycles. The highest BCUT2D eigenvalue weighted by atomic mass is 16.5. The van der Waals surface area contributed by atoms with Crippen LogP contribution in [0.25, 0.3) is 72.1 Å². The van der Waals surface area contributed by atoms with E-state index >= 15 is 0 Å². The highest BCUT2D eigenvalue weighted by Crippen LogP contribution is 2.51. The van der Waals surface area contributed by atoms with Crippen molar-refractivity contribution < 1.29 is 9.47 Å². The summed E-state index contributed by atoms with van der Waals surface area (Å²) in [6.45, 7) is 7.40. The van der Waals surface area contributed by atoms with Crippen molar-refractivity contribution in [2.75, 3.05) is 16.5 Å². The number of anilines is 4.